The topological polar surface area (TPSA) is 30.2 Å². The molecule has 0 radical (unpaired) electrons. The number of halogens is 4. The molecule has 0 amide bonds. The van der Waals surface area contributed by atoms with E-state index < -0.39 is 17.5 Å². The van der Waals surface area contributed by atoms with Crippen LogP contribution in [0.25, 0.3) is 5.65 Å². The summed E-state index contributed by atoms with van der Waals surface area (Å²) in [5.74, 6) is -2.30. The Kier molecular flexibility index (Phi) is 4.02. The number of aromatic nitrogens is 3. The fourth-order valence-corrected chi connectivity index (χ4v) is 2.27. The zero-order valence-electron chi connectivity index (χ0n) is 11.3. The van der Waals surface area contributed by atoms with E-state index in [1.807, 2.05) is 12.3 Å². The molecule has 1 fully saturated rings. The Balaban J connectivity index is 0.000000142. The zero-order chi connectivity index (χ0) is 15.7. The van der Waals surface area contributed by atoms with Gasteiger partial charge in [0.1, 0.15) is 11.0 Å². The van der Waals surface area contributed by atoms with Gasteiger partial charge in [-0.25, -0.2) is 22.7 Å². The van der Waals surface area contributed by atoms with E-state index in [1.165, 1.54) is 18.4 Å². The highest BCUT2D eigenvalue weighted by Crippen LogP contribution is 2.41. The van der Waals surface area contributed by atoms with E-state index in [-0.39, 0.29) is 0 Å². The molecule has 2 aromatic heterocycles. The molecule has 1 aliphatic carbocycles. The van der Waals surface area contributed by atoms with Crippen LogP contribution in [-0.2, 0) is 0 Å². The maximum Gasteiger partial charge on any atom is 0.161 e. The normalized spacial score (nSPS) is 13.8. The van der Waals surface area contributed by atoms with Crippen LogP contribution in [0.5, 0.6) is 0 Å². The molecule has 0 bridgehead atoms. The van der Waals surface area contributed by atoms with Crippen LogP contribution >= 0.6 is 11.6 Å². The van der Waals surface area contributed by atoms with Gasteiger partial charge in [0, 0.05) is 24.0 Å². The zero-order valence-corrected chi connectivity index (χ0v) is 12.1. The molecule has 0 saturated heterocycles. The van der Waals surface area contributed by atoms with E-state index in [4.69, 9.17) is 11.6 Å². The van der Waals surface area contributed by atoms with Crippen molar-refractivity contribution < 1.29 is 13.2 Å². The Hall–Kier alpha value is -2.08. The van der Waals surface area contributed by atoms with Crippen molar-refractivity contribution in [2.75, 3.05) is 0 Å². The molecule has 0 unspecified atom stereocenters. The predicted molar refractivity (Wildman–Crippen MR) is 76.3 cm³/mol. The van der Waals surface area contributed by atoms with Gasteiger partial charge in [0.15, 0.2) is 17.3 Å². The van der Waals surface area contributed by atoms with Crippen LogP contribution in [0.3, 0.4) is 0 Å². The molecule has 4 rings (SSSR count). The molecule has 3 aromatic rings. The molecule has 0 N–H and O–H groups in total. The van der Waals surface area contributed by atoms with Crippen molar-refractivity contribution >= 4 is 17.2 Å². The van der Waals surface area contributed by atoms with Gasteiger partial charge in [-0.15, -0.1) is 0 Å². The number of hydrogen-bond donors (Lipinski definition) is 0. The van der Waals surface area contributed by atoms with Gasteiger partial charge >= 0.3 is 0 Å². The third-order valence-corrected chi connectivity index (χ3v) is 3.44. The minimum Gasteiger partial charge on any atom is -0.235 e. The summed E-state index contributed by atoms with van der Waals surface area (Å²) in [6.45, 7) is 0. The smallest absolute Gasteiger partial charge is 0.161 e. The highest BCUT2D eigenvalue weighted by atomic mass is 35.5. The van der Waals surface area contributed by atoms with Crippen LogP contribution in [0.15, 0.2) is 36.7 Å². The van der Waals surface area contributed by atoms with Crippen LogP contribution in [-0.4, -0.2) is 14.6 Å². The SMILES string of the molecule is Clc1cc(C2CC2)c2nccn2n1.Fc1ccc(F)c(F)c1. The first-order chi connectivity index (χ1) is 10.5. The Morgan fingerprint density at radius 2 is 1.86 bits per heavy atom. The van der Waals surface area contributed by atoms with Crippen LogP contribution in [0, 0.1) is 17.5 Å². The number of benzene rings is 1. The quantitative estimate of drug-likeness (QED) is 0.622. The second kappa shape index (κ2) is 5.96. The third-order valence-electron chi connectivity index (χ3n) is 3.26. The molecule has 0 atom stereocenters. The van der Waals surface area contributed by atoms with Crippen LogP contribution in [0.1, 0.15) is 24.3 Å². The van der Waals surface area contributed by atoms with Gasteiger partial charge in [-0.3, -0.25) is 0 Å². The largest absolute Gasteiger partial charge is 0.235 e. The lowest BCUT2D eigenvalue weighted by Crippen LogP contribution is -1.95. The monoisotopic (exact) mass is 325 g/mol. The fraction of sp³-hybridized carbons (Fsp3) is 0.200. The Morgan fingerprint density at radius 1 is 1.09 bits per heavy atom. The number of hydrogen-bond acceptors (Lipinski definition) is 2. The molecule has 1 saturated carbocycles. The number of fused-ring (bicyclic) bond motifs is 1. The van der Waals surface area contributed by atoms with E-state index in [2.05, 4.69) is 10.1 Å². The molecule has 3 nitrogen and oxygen atoms in total. The molecule has 0 aliphatic heterocycles. The molecule has 0 spiro atoms. The molecule has 2 heterocycles. The van der Waals surface area contributed by atoms with Crippen molar-refractivity contribution in [3.63, 3.8) is 0 Å². The minimum absolute atomic E-state index is 0.495. The standard InChI is InChI=1S/C9H8ClN3.C6H3F3/c10-8-5-7(6-1-2-6)9-11-3-4-13(9)12-8;7-4-1-2-5(8)6(9)3-4/h3-6H,1-2H2;1-3H. The second-order valence-corrected chi connectivity index (χ2v) is 5.34. The summed E-state index contributed by atoms with van der Waals surface area (Å²) in [6, 6.07) is 4.03. The Bertz CT molecular complexity index is 815. The van der Waals surface area contributed by atoms with Gasteiger partial charge in [-0.1, -0.05) is 11.6 Å². The first-order valence-corrected chi connectivity index (χ1v) is 7.03. The van der Waals surface area contributed by atoms with Crippen molar-refractivity contribution in [1.29, 1.82) is 0 Å². The van der Waals surface area contributed by atoms with Gasteiger partial charge in [0.2, 0.25) is 0 Å². The van der Waals surface area contributed by atoms with Crippen LogP contribution in [0.2, 0.25) is 5.15 Å². The summed E-state index contributed by atoms with van der Waals surface area (Å²) in [6.07, 6.45) is 6.09. The Labute approximate surface area is 129 Å². The minimum atomic E-state index is -1.16. The van der Waals surface area contributed by atoms with E-state index in [9.17, 15) is 13.2 Å². The predicted octanol–water partition coefficient (Wildman–Crippen LogP) is 4.36. The maximum atomic E-state index is 12.0. The lowest BCUT2D eigenvalue weighted by molar-refractivity contribution is 0.495. The summed E-state index contributed by atoms with van der Waals surface area (Å²) in [7, 11) is 0. The fourth-order valence-electron chi connectivity index (χ4n) is 2.07. The van der Waals surface area contributed by atoms with Gasteiger partial charge in [-0.2, -0.15) is 5.10 Å². The van der Waals surface area contributed by atoms with Gasteiger partial charge < -0.3 is 0 Å². The summed E-state index contributed by atoms with van der Waals surface area (Å²) in [4.78, 5) is 4.26. The summed E-state index contributed by atoms with van der Waals surface area (Å²) in [5, 5.41) is 4.67. The lowest BCUT2D eigenvalue weighted by Gasteiger charge is -2.00. The molecule has 114 valence electrons. The van der Waals surface area contributed by atoms with Crippen molar-refractivity contribution in [2.45, 2.75) is 18.8 Å². The van der Waals surface area contributed by atoms with Crippen LogP contribution in [0.4, 0.5) is 13.2 Å². The van der Waals surface area contributed by atoms with Gasteiger partial charge in [-0.05, 0) is 37.0 Å². The summed E-state index contributed by atoms with van der Waals surface area (Å²) >= 11 is 5.89. The number of nitrogens with zero attached hydrogens (tertiary/aromatic N) is 3. The molecular formula is C15H11ClF3N3. The van der Waals surface area contributed by atoms with Crippen LogP contribution < -0.4 is 0 Å². The third kappa shape index (κ3) is 3.22. The maximum absolute atomic E-state index is 12.0. The van der Waals surface area contributed by atoms with E-state index >= 15 is 0 Å². The van der Waals surface area contributed by atoms with Crippen molar-refractivity contribution in [2.24, 2.45) is 0 Å². The molecule has 1 aromatic carbocycles. The van der Waals surface area contributed by atoms with E-state index in [0.717, 1.165) is 17.8 Å². The van der Waals surface area contributed by atoms with Crippen molar-refractivity contribution in [1.82, 2.24) is 14.6 Å². The highest BCUT2D eigenvalue weighted by Gasteiger charge is 2.26. The number of rotatable bonds is 1. The first kappa shape index (κ1) is 14.8. The molecule has 7 heteroatoms. The average molecular weight is 326 g/mol. The summed E-state index contributed by atoms with van der Waals surface area (Å²) < 4.78 is 37.6. The summed E-state index contributed by atoms with van der Waals surface area (Å²) in [5.41, 5.74) is 2.19. The second-order valence-electron chi connectivity index (χ2n) is 4.95. The van der Waals surface area contributed by atoms with Gasteiger partial charge in [0.05, 0.1) is 0 Å². The highest BCUT2D eigenvalue weighted by molar-refractivity contribution is 6.29. The number of imidazole rings is 1. The van der Waals surface area contributed by atoms with Gasteiger partial charge in [0.25, 0.3) is 0 Å². The molecular weight excluding hydrogens is 315 g/mol. The first-order valence-electron chi connectivity index (χ1n) is 6.65. The molecule has 1 aliphatic rings. The molecule has 22 heavy (non-hydrogen) atoms. The van der Waals surface area contributed by atoms with E-state index in [0.29, 0.717) is 17.1 Å². The average Bonchev–Trinajstić information content (AvgIpc) is 3.22. The van der Waals surface area contributed by atoms with Crippen molar-refractivity contribution in [3.05, 3.63) is 64.8 Å². The van der Waals surface area contributed by atoms with Crippen molar-refractivity contribution in [3.8, 4) is 0 Å². The lowest BCUT2D eigenvalue weighted by atomic mass is 10.2. The van der Waals surface area contributed by atoms with E-state index in [1.54, 1.807) is 10.7 Å². The Morgan fingerprint density at radius 3 is 2.50 bits per heavy atom.